The zero-order valence-corrected chi connectivity index (χ0v) is 29.3. The highest BCUT2D eigenvalue weighted by Crippen LogP contribution is 2.50. The molecule has 6 aliphatic heterocycles. The lowest BCUT2D eigenvalue weighted by molar-refractivity contribution is -0.300. The minimum atomic E-state index is -0.497. The second kappa shape index (κ2) is 14.6. The summed E-state index contributed by atoms with van der Waals surface area (Å²) in [5.41, 5.74) is -2.26. The van der Waals surface area contributed by atoms with Crippen LogP contribution in [0, 0.1) is 0 Å². The first kappa shape index (κ1) is 35.7. The van der Waals surface area contributed by atoms with Gasteiger partial charge in [0, 0.05) is 83.7 Å². The lowest BCUT2D eigenvalue weighted by atomic mass is 9.68. The van der Waals surface area contributed by atoms with Gasteiger partial charge < -0.3 is 44.3 Å². The van der Waals surface area contributed by atoms with Crippen LogP contribution in [-0.4, -0.2) is 137 Å². The summed E-state index contributed by atoms with van der Waals surface area (Å²) < 4.78 is 29.1. The number of nitrogens with zero attached hydrogens (tertiary/aromatic N) is 3. The summed E-state index contributed by atoms with van der Waals surface area (Å²) >= 11 is 0. The first-order valence-electron chi connectivity index (χ1n) is 18.6. The SMILES string of the molecule is CCCOCCC(C)(C)N(C(=O)NC1CC2(CCOCC2)N(O)C2(CCOCC2)C1)C1CC2(CCOCC2)N(O)C2(CCOCC2)C1. The van der Waals surface area contributed by atoms with Crippen LogP contribution in [0.15, 0.2) is 0 Å². The van der Waals surface area contributed by atoms with Crippen molar-refractivity contribution in [2.75, 3.05) is 66.1 Å². The fourth-order valence-corrected chi connectivity index (χ4v) is 10.1. The normalized spacial score (nSPS) is 30.9. The molecule has 6 rings (SSSR count). The third-order valence-corrected chi connectivity index (χ3v) is 12.7. The highest BCUT2D eigenvalue weighted by atomic mass is 16.5. The number of hydrogen-bond acceptors (Lipinski definition) is 10. The number of piperidine rings is 2. The van der Waals surface area contributed by atoms with Gasteiger partial charge in [0.1, 0.15) is 0 Å². The van der Waals surface area contributed by atoms with Crippen LogP contribution in [0.5, 0.6) is 0 Å². The van der Waals surface area contributed by atoms with E-state index in [1.807, 2.05) is 0 Å². The molecule has 6 aliphatic rings. The van der Waals surface area contributed by atoms with Crippen LogP contribution in [-0.2, 0) is 23.7 Å². The minimum Gasteiger partial charge on any atom is -0.381 e. The van der Waals surface area contributed by atoms with E-state index in [2.05, 4.69) is 31.0 Å². The van der Waals surface area contributed by atoms with E-state index in [0.717, 1.165) is 57.8 Å². The van der Waals surface area contributed by atoms with Gasteiger partial charge in [-0.1, -0.05) is 6.92 Å². The quantitative estimate of drug-likeness (QED) is 0.319. The van der Waals surface area contributed by atoms with Gasteiger partial charge in [0.15, 0.2) is 0 Å². The average Bonchev–Trinajstić information content (AvgIpc) is 3.06. The van der Waals surface area contributed by atoms with E-state index in [1.165, 1.54) is 0 Å². The molecule has 0 aliphatic carbocycles. The molecule has 4 spiro atoms. The number of rotatable bonds is 8. The van der Waals surface area contributed by atoms with E-state index >= 15 is 4.79 Å². The molecule has 6 heterocycles. The standard InChI is InChI=1S/C35H62N4O8/c1-4-14-43-15-5-31(2,3)37(29-26-34(10-20-46-21-11-34)39(42)35(27-29)12-22-47-23-13-35)30(40)36-28-24-32(6-16-44-17-7-32)38(41)33(25-28)8-18-45-19-9-33/h28-29,41-42H,4-27H2,1-3H3,(H,36,40). The number of carbonyl (C=O) groups is 1. The fourth-order valence-electron chi connectivity index (χ4n) is 10.1. The number of ether oxygens (including phenoxy) is 5. The Morgan fingerprint density at radius 1 is 0.723 bits per heavy atom. The predicted molar refractivity (Wildman–Crippen MR) is 175 cm³/mol. The molecule has 0 unspecified atom stereocenters. The Balaban J connectivity index is 1.31. The van der Waals surface area contributed by atoms with Crippen LogP contribution in [0.25, 0.3) is 0 Å². The van der Waals surface area contributed by atoms with Crippen molar-refractivity contribution in [3.8, 4) is 0 Å². The van der Waals surface area contributed by atoms with Crippen LogP contribution >= 0.6 is 0 Å². The Morgan fingerprint density at radius 2 is 1.11 bits per heavy atom. The van der Waals surface area contributed by atoms with Crippen molar-refractivity contribution in [1.82, 2.24) is 20.3 Å². The molecule has 12 heteroatoms. The Morgan fingerprint density at radius 3 is 1.49 bits per heavy atom. The molecule has 0 bridgehead atoms. The van der Waals surface area contributed by atoms with E-state index in [0.29, 0.717) is 98.2 Å². The van der Waals surface area contributed by atoms with E-state index in [1.54, 1.807) is 10.1 Å². The predicted octanol–water partition coefficient (Wildman–Crippen LogP) is 4.50. The van der Waals surface area contributed by atoms with E-state index in [4.69, 9.17) is 23.7 Å². The van der Waals surface area contributed by atoms with Crippen LogP contribution in [0.2, 0.25) is 0 Å². The van der Waals surface area contributed by atoms with Gasteiger partial charge in [-0.25, -0.2) is 4.79 Å². The Hall–Kier alpha value is -1.09. The lowest BCUT2D eigenvalue weighted by Gasteiger charge is -2.62. The summed E-state index contributed by atoms with van der Waals surface area (Å²) in [6.07, 6.45) is 10.4. The summed E-state index contributed by atoms with van der Waals surface area (Å²) in [6, 6.07) is -0.223. The maximum atomic E-state index is 15.0. The van der Waals surface area contributed by atoms with Crippen LogP contribution in [0.3, 0.4) is 0 Å². The van der Waals surface area contributed by atoms with Crippen LogP contribution in [0.1, 0.15) is 111 Å². The molecule has 3 N–H and O–H groups in total. The topological polar surface area (TPSA) is 125 Å². The summed E-state index contributed by atoms with van der Waals surface area (Å²) in [6.45, 7) is 12.6. The minimum absolute atomic E-state index is 0.0490. The third-order valence-electron chi connectivity index (χ3n) is 12.7. The maximum absolute atomic E-state index is 15.0. The molecule has 0 atom stereocenters. The van der Waals surface area contributed by atoms with Crippen molar-refractivity contribution in [1.29, 1.82) is 0 Å². The smallest absolute Gasteiger partial charge is 0.318 e. The van der Waals surface area contributed by atoms with Crippen molar-refractivity contribution >= 4 is 6.03 Å². The number of nitrogens with one attached hydrogen (secondary N) is 1. The summed E-state index contributed by atoms with van der Waals surface area (Å²) in [7, 11) is 0. The summed E-state index contributed by atoms with van der Waals surface area (Å²) in [4.78, 5) is 17.2. The molecule has 47 heavy (non-hydrogen) atoms. The Labute approximate surface area is 281 Å². The van der Waals surface area contributed by atoms with Gasteiger partial charge >= 0.3 is 6.03 Å². The van der Waals surface area contributed by atoms with Crippen molar-refractivity contribution in [2.45, 2.75) is 150 Å². The van der Waals surface area contributed by atoms with Gasteiger partial charge in [0.2, 0.25) is 0 Å². The van der Waals surface area contributed by atoms with Crippen LogP contribution in [0.4, 0.5) is 4.79 Å². The number of hydrogen-bond donors (Lipinski definition) is 3. The molecular weight excluding hydrogens is 604 g/mol. The first-order chi connectivity index (χ1) is 22.6. The maximum Gasteiger partial charge on any atom is 0.318 e. The van der Waals surface area contributed by atoms with Crippen molar-refractivity contribution in [3.63, 3.8) is 0 Å². The zero-order valence-electron chi connectivity index (χ0n) is 29.3. The third kappa shape index (κ3) is 7.10. The molecule has 0 saturated carbocycles. The lowest BCUT2D eigenvalue weighted by Crippen LogP contribution is -2.73. The number of hydroxylamine groups is 4. The molecule has 12 nitrogen and oxygen atoms in total. The van der Waals surface area contributed by atoms with E-state index in [-0.39, 0.29) is 18.1 Å². The molecule has 6 fully saturated rings. The number of amides is 2. The van der Waals surface area contributed by atoms with Gasteiger partial charge in [0.05, 0.1) is 22.2 Å². The molecule has 0 aromatic rings. The first-order valence-corrected chi connectivity index (χ1v) is 18.6. The zero-order chi connectivity index (χ0) is 33.2. The summed E-state index contributed by atoms with van der Waals surface area (Å²) in [5.74, 6) is 0. The fraction of sp³-hybridized carbons (Fsp3) is 0.971. The van der Waals surface area contributed by atoms with Gasteiger partial charge in [-0.3, -0.25) is 0 Å². The monoisotopic (exact) mass is 666 g/mol. The van der Waals surface area contributed by atoms with E-state index in [9.17, 15) is 10.4 Å². The number of carbonyl (C=O) groups excluding carboxylic acids is 1. The molecular formula is C35H62N4O8. The molecule has 0 radical (unpaired) electrons. The average molecular weight is 667 g/mol. The second-order valence-corrected chi connectivity index (χ2v) is 16.1. The van der Waals surface area contributed by atoms with Gasteiger partial charge in [0.25, 0.3) is 0 Å². The summed E-state index contributed by atoms with van der Waals surface area (Å²) in [5, 5.41) is 30.8. The second-order valence-electron chi connectivity index (χ2n) is 16.1. The van der Waals surface area contributed by atoms with Crippen molar-refractivity contribution in [3.05, 3.63) is 0 Å². The molecule has 0 aromatic heterocycles. The molecule has 0 aromatic carbocycles. The van der Waals surface area contributed by atoms with Gasteiger partial charge in [-0.2, -0.15) is 10.1 Å². The molecule has 2 amide bonds. The van der Waals surface area contributed by atoms with Crippen molar-refractivity contribution < 1.29 is 38.9 Å². The largest absolute Gasteiger partial charge is 0.381 e. The highest BCUT2D eigenvalue weighted by molar-refractivity contribution is 5.76. The number of urea groups is 1. The highest BCUT2D eigenvalue weighted by Gasteiger charge is 2.59. The Kier molecular flexibility index (Phi) is 11.1. The Bertz CT molecular complexity index is 981. The molecule has 270 valence electrons. The van der Waals surface area contributed by atoms with Gasteiger partial charge in [-0.15, -0.1) is 0 Å². The van der Waals surface area contributed by atoms with Gasteiger partial charge in [-0.05, 0) is 104 Å². The van der Waals surface area contributed by atoms with Crippen molar-refractivity contribution in [2.24, 2.45) is 0 Å². The van der Waals surface area contributed by atoms with E-state index < -0.39 is 27.7 Å². The molecule has 6 saturated heterocycles. The van der Waals surface area contributed by atoms with Crippen LogP contribution < -0.4 is 5.32 Å².